The summed E-state index contributed by atoms with van der Waals surface area (Å²) in [5.74, 6) is 1.10. The summed E-state index contributed by atoms with van der Waals surface area (Å²) in [6, 6.07) is 0. The van der Waals surface area contributed by atoms with Crippen LogP contribution in [0.5, 0.6) is 5.75 Å². The minimum absolute atomic E-state index is 0.624. The van der Waals surface area contributed by atoms with Crippen molar-refractivity contribution in [3.63, 3.8) is 0 Å². The van der Waals surface area contributed by atoms with E-state index in [1.165, 1.54) is 61.3 Å². The van der Waals surface area contributed by atoms with E-state index >= 15 is 0 Å². The molecule has 134 valence electrons. The molecule has 0 fully saturated rings. The van der Waals surface area contributed by atoms with Crippen LogP contribution in [0.2, 0.25) is 0 Å². The van der Waals surface area contributed by atoms with Gasteiger partial charge in [-0.15, -0.1) is 0 Å². The number of nitrogens with zero attached hydrogens (tertiary/aromatic N) is 1. The standard InChI is InChI=1S/C23H31NO/c1-12-14(3)18(7)22(19(8)15(12)4)24-10-21-17(6)13(2)16(5)20(9)23(21)25-11-24/h10-11H2,1-9H3. The zero-order chi connectivity index (χ0) is 18.6. The number of hydrogen-bond acceptors (Lipinski definition) is 2. The highest BCUT2D eigenvalue weighted by Gasteiger charge is 2.26. The molecule has 2 aromatic rings. The van der Waals surface area contributed by atoms with Gasteiger partial charge in [0.25, 0.3) is 0 Å². The van der Waals surface area contributed by atoms with E-state index in [4.69, 9.17) is 4.74 Å². The van der Waals surface area contributed by atoms with Gasteiger partial charge in [-0.25, -0.2) is 0 Å². The Balaban J connectivity index is 2.14. The summed E-state index contributed by atoms with van der Waals surface area (Å²) in [5, 5.41) is 0. The smallest absolute Gasteiger partial charge is 0.161 e. The molecule has 0 aromatic heterocycles. The fraction of sp³-hybridized carbons (Fsp3) is 0.478. The molecule has 0 unspecified atom stereocenters. The van der Waals surface area contributed by atoms with E-state index in [2.05, 4.69) is 67.2 Å². The van der Waals surface area contributed by atoms with Gasteiger partial charge in [0.2, 0.25) is 0 Å². The minimum atomic E-state index is 0.624. The molecule has 0 spiro atoms. The average molecular weight is 338 g/mol. The Hall–Kier alpha value is -1.96. The lowest BCUT2D eigenvalue weighted by Crippen LogP contribution is -2.34. The van der Waals surface area contributed by atoms with Crippen LogP contribution in [0.1, 0.15) is 55.6 Å². The van der Waals surface area contributed by atoms with E-state index in [1.54, 1.807) is 0 Å². The van der Waals surface area contributed by atoms with E-state index < -0.39 is 0 Å². The Bertz CT molecular complexity index is 848. The van der Waals surface area contributed by atoms with Crippen LogP contribution in [-0.2, 0) is 6.54 Å². The van der Waals surface area contributed by atoms with Crippen LogP contribution in [0.25, 0.3) is 0 Å². The summed E-state index contributed by atoms with van der Waals surface area (Å²) in [7, 11) is 0. The van der Waals surface area contributed by atoms with Crippen molar-refractivity contribution in [1.82, 2.24) is 0 Å². The van der Waals surface area contributed by atoms with Gasteiger partial charge in [-0.05, 0) is 112 Å². The lowest BCUT2D eigenvalue weighted by atomic mass is 9.90. The Kier molecular flexibility index (Phi) is 4.35. The van der Waals surface area contributed by atoms with E-state index in [-0.39, 0.29) is 0 Å². The van der Waals surface area contributed by atoms with E-state index in [1.807, 2.05) is 0 Å². The first-order chi connectivity index (χ1) is 11.7. The van der Waals surface area contributed by atoms with Crippen LogP contribution in [0.15, 0.2) is 0 Å². The van der Waals surface area contributed by atoms with Crippen molar-refractivity contribution >= 4 is 5.69 Å². The first-order valence-corrected chi connectivity index (χ1v) is 9.20. The van der Waals surface area contributed by atoms with Gasteiger partial charge in [-0.1, -0.05) is 0 Å². The van der Waals surface area contributed by atoms with E-state index in [0.29, 0.717) is 6.73 Å². The average Bonchev–Trinajstić information content (AvgIpc) is 2.61. The molecule has 0 atom stereocenters. The summed E-state index contributed by atoms with van der Waals surface area (Å²) in [5.41, 5.74) is 15.1. The zero-order valence-electron chi connectivity index (χ0n) is 17.3. The van der Waals surface area contributed by atoms with Crippen molar-refractivity contribution in [2.24, 2.45) is 0 Å². The van der Waals surface area contributed by atoms with E-state index in [0.717, 1.165) is 12.3 Å². The van der Waals surface area contributed by atoms with Gasteiger partial charge >= 0.3 is 0 Å². The zero-order valence-corrected chi connectivity index (χ0v) is 17.3. The molecule has 0 N–H and O–H groups in total. The molecule has 0 aliphatic carbocycles. The third-order valence-corrected chi connectivity index (χ3v) is 6.75. The monoisotopic (exact) mass is 337 g/mol. The molecule has 0 saturated heterocycles. The number of anilines is 1. The van der Waals surface area contributed by atoms with Crippen LogP contribution in [0.4, 0.5) is 5.69 Å². The summed E-state index contributed by atoms with van der Waals surface area (Å²) < 4.78 is 6.28. The molecule has 0 amide bonds. The predicted octanol–water partition coefficient (Wildman–Crippen LogP) is 5.82. The Labute approximate surface area is 152 Å². The van der Waals surface area contributed by atoms with Crippen LogP contribution in [-0.4, -0.2) is 6.73 Å². The van der Waals surface area contributed by atoms with Crippen molar-refractivity contribution in [3.05, 3.63) is 55.6 Å². The van der Waals surface area contributed by atoms with Gasteiger partial charge in [0, 0.05) is 11.3 Å². The van der Waals surface area contributed by atoms with Gasteiger partial charge in [0.1, 0.15) is 5.75 Å². The SMILES string of the molecule is Cc1c(C)c(C)c(N2COc3c(C)c(C)c(C)c(C)c3C2)c(C)c1C. The van der Waals surface area contributed by atoms with Crippen molar-refractivity contribution in [1.29, 1.82) is 0 Å². The molecular weight excluding hydrogens is 306 g/mol. The van der Waals surface area contributed by atoms with Gasteiger partial charge in [0.05, 0.1) is 6.54 Å². The topological polar surface area (TPSA) is 12.5 Å². The largest absolute Gasteiger partial charge is 0.472 e. The second kappa shape index (κ2) is 6.09. The number of hydrogen-bond donors (Lipinski definition) is 0. The second-order valence-electron chi connectivity index (χ2n) is 7.75. The molecule has 1 heterocycles. The first-order valence-electron chi connectivity index (χ1n) is 9.20. The molecule has 1 aliphatic rings. The maximum absolute atomic E-state index is 6.28. The summed E-state index contributed by atoms with van der Waals surface area (Å²) >= 11 is 0. The van der Waals surface area contributed by atoms with Crippen LogP contribution in [0, 0.1) is 62.3 Å². The fourth-order valence-electron chi connectivity index (χ4n) is 4.22. The molecule has 2 aromatic carbocycles. The van der Waals surface area contributed by atoms with Crippen LogP contribution in [0.3, 0.4) is 0 Å². The molecular formula is C23H31NO. The summed E-state index contributed by atoms with van der Waals surface area (Å²) in [6.07, 6.45) is 0. The molecule has 0 saturated carbocycles. The normalized spacial score (nSPS) is 13.7. The maximum Gasteiger partial charge on any atom is 0.161 e. The lowest BCUT2D eigenvalue weighted by Gasteiger charge is -2.36. The quantitative estimate of drug-likeness (QED) is 0.650. The number of benzene rings is 2. The van der Waals surface area contributed by atoms with Crippen molar-refractivity contribution in [2.45, 2.75) is 68.9 Å². The molecule has 2 heteroatoms. The number of ether oxygens (including phenoxy) is 1. The second-order valence-corrected chi connectivity index (χ2v) is 7.75. The molecule has 25 heavy (non-hydrogen) atoms. The van der Waals surface area contributed by atoms with Crippen molar-refractivity contribution in [3.8, 4) is 5.75 Å². The van der Waals surface area contributed by atoms with Crippen molar-refractivity contribution < 1.29 is 4.74 Å². The number of rotatable bonds is 1. The van der Waals surface area contributed by atoms with E-state index in [9.17, 15) is 0 Å². The lowest BCUT2D eigenvalue weighted by molar-refractivity contribution is 0.286. The Morgan fingerprint density at radius 3 is 1.56 bits per heavy atom. The Morgan fingerprint density at radius 1 is 0.560 bits per heavy atom. The van der Waals surface area contributed by atoms with Crippen molar-refractivity contribution in [2.75, 3.05) is 11.6 Å². The third-order valence-electron chi connectivity index (χ3n) is 6.75. The highest BCUT2D eigenvalue weighted by atomic mass is 16.5. The predicted molar refractivity (Wildman–Crippen MR) is 107 cm³/mol. The molecule has 2 nitrogen and oxygen atoms in total. The van der Waals surface area contributed by atoms with Gasteiger partial charge in [0.15, 0.2) is 6.73 Å². The van der Waals surface area contributed by atoms with Gasteiger partial charge in [-0.3, -0.25) is 0 Å². The molecule has 1 aliphatic heterocycles. The van der Waals surface area contributed by atoms with Gasteiger partial charge in [-0.2, -0.15) is 0 Å². The highest BCUT2D eigenvalue weighted by Crippen LogP contribution is 2.40. The fourth-order valence-corrected chi connectivity index (χ4v) is 4.22. The van der Waals surface area contributed by atoms with Crippen LogP contribution >= 0.6 is 0 Å². The molecule has 0 bridgehead atoms. The Morgan fingerprint density at radius 2 is 1.00 bits per heavy atom. The maximum atomic E-state index is 6.28. The third kappa shape index (κ3) is 2.54. The summed E-state index contributed by atoms with van der Waals surface area (Å²) in [6.45, 7) is 21.6. The minimum Gasteiger partial charge on any atom is -0.472 e. The highest BCUT2D eigenvalue weighted by molar-refractivity contribution is 5.67. The molecule has 3 rings (SSSR count). The first kappa shape index (κ1) is 17.8. The number of fused-ring (bicyclic) bond motifs is 1. The van der Waals surface area contributed by atoms with Gasteiger partial charge < -0.3 is 9.64 Å². The van der Waals surface area contributed by atoms with Crippen LogP contribution < -0.4 is 9.64 Å². The molecule has 0 radical (unpaired) electrons. The summed E-state index contributed by atoms with van der Waals surface area (Å²) in [4.78, 5) is 2.41.